The Bertz CT molecular complexity index is 1020. The number of ether oxygens (including phenoxy) is 2. The molecular formula is C22H21Cl2NO3. The summed E-state index contributed by atoms with van der Waals surface area (Å²) in [5.41, 5.74) is 3.93. The zero-order valence-corrected chi connectivity index (χ0v) is 17.3. The first-order valence-corrected chi connectivity index (χ1v) is 9.67. The number of aromatic nitrogens is 1. The molecule has 3 rings (SSSR count). The van der Waals surface area contributed by atoms with Crippen molar-refractivity contribution >= 4 is 46.2 Å². The van der Waals surface area contributed by atoms with Gasteiger partial charge < -0.3 is 14.0 Å². The summed E-state index contributed by atoms with van der Waals surface area (Å²) in [5.74, 6) is -0.365. The lowest BCUT2D eigenvalue weighted by Crippen LogP contribution is -2.01. The molecule has 0 fully saturated rings. The SMILES string of the molecule is CCOC(=O)C=Cc1cccc2c(COC)cn(Cc3ccc(Cl)cc3Cl)c12. The third-order valence-corrected chi connectivity index (χ3v) is 4.94. The van der Waals surface area contributed by atoms with Crippen molar-refractivity contribution in [3.05, 3.63) is 75.4 Å². The smallest absolute Gasteiger partial charge is 0.330 e. The average Bonchev–Trinajstić information content (AvgIpc) is 3.01. The molecule has 0 aliphatic rings. The van der Waals surface area contributed by atoms with Crippen LogP contribution in [0.3, 0.4) is 0 Å². The molecule has 6 heteroatoms. The Morgan fingerprint density at radius 3 is 2.71 bits per heavy atom. The zero-order valence-electron chi connectivity index (χ0n) is 15.7. The molecule has 0 bridgehead atoms. The molecule has 0 saturated heterocycles. The minimum Gasteiger partial charge on any atom is -0.463 e. The van der Waals surface area contributed by atoms with Crippen LogP contribution in [0.15, 0.2) is 48.7 Å². The van der Waals surface area contributed by atoms with E-state index in [1.165, 1.54) is 6.08 Å². The van der Waals surface area contributed by atoms with Crippen molar-refractivity contribution in [1.29, 1.82) is 0 Å². The van der Waals surface area contributed by atoms with Crippen LogP contribution in [0.5, 0.6) is 0 Å². The van der Waals surface area contributed by atoms with Gasteiger partial charge in [-0.15, -0.1) is 0 Å². The lowest BCUT2D eigenvalue weighted by Gasteiger charge is -2.10. The lowest BCUT2D eigenvalue weighted by molar-refractivity contribution is -0.137. The highest BCUT2D eigenvalue weighted by molar-refractivity contribution is 6.35. The van der Waals surface area contributed by atoms with Crippen LogP contribution < -0.4 is 0 Å². The topological polar surface area (TPSA) is 40.5 Å². The number of rotatable bonds is 7. The van der Waals surface area contributed by atoms with Gasteiger partial charge in [-0.2, -0.15) is 0 Å². The fourth-order valence-electron chi connectivity index (χ4n) is 3.17. The summed E-state index contributed by atoms with van der Waals surface area (Å²) in [6.07, 6.45) is 5.28. The van der Waals surface area contributed by atoms with Gasteiger partial charge in [0, 0.05) is 46.9 Å². The molecule has 0 atom stereocenters. The number of hydrogen-bond acceptors (Lipinski definition) is 3. The standard InChI is InChI=1S/C22H21Cl2NO3/c1-3-28-21(26)10-8-15-5-4-6-19-17(14-27-2)13-25(22(15)19)12-16-7-9-18(23)11-20(16)24/h4-11,13H,3,12,14H2,1-2H3. The minimum absolute atomic E-state index is 0.344. The predicted octanol–water partition coefficient (Wildman–Crippen LogP) is 5.72. The van der Waals surface area contributed by atoms with Gasteiger partial charge in [0.1, 0.15) is 0 Å². The summed E-state index contributed by atoms with van der Waals surface area (Å²) in [7, 11) is 1.67. The summed E-state index contributed by atoms with van der Waals surface area (Å²) in [6.45, 7) is 3.19. The second-order valence-corrected chi connectivity index (χ2v) is 7.12. The predicted molar refractivity (Wildman–Crippen MR) is 114 cm³/mol. The first-order valence-electron chi connectivity index (χ1n) is 8.92. The molecule has 0 saturated carbocycles. The fraction of sp³-hybridized carbons (Fsp3) is 0.227. The highest BCUT2D eigenvalue weighted by atomic mass is 35.5. The van der Waals surface area contributed by atoms with Crippen LogP contribution >= 0.6 is 23.2 Å². The Morgan fingerprint density at radius 2 is 2.00 bits per heavy atom. The van der Waals surface area contributed by atoms with Gasteiger partial charge in [-0.3, -0.25) is 0 Å². The number of halogens is 2. The van der Waals surface area contributed by atoms with E-state index < -0.39 is 0 Å². The van der Waals surface area contributed by atoms with Crippen LogP contribution in [0, 0.1) is 0 Å². The third kappa shape index (κ3) is 4.58. The van der Waals surface area contributed by atoms with Crippen molar-refractivity contribution in [3.8, 4) is 0 Å². The fourth-order valence-corrected chi connectivity index (χ4v) is 3.64. The first-order chi connectivity index (χ1) is 13.5. The molecule has 0 N–H and O–H groups in total. The van der Waals surface area contributed by atoms with E-state index in [4.69, 9.17) is 32.7 Å². The zero-order chi connectivity index (χ0) is 20.1. The van der Waals surface area contributed by atoms with Crippen LogP contribution in [0.2, 0.25) is 10.0 Å². The molecule has 4 nitrogen and oxygen atoms in total. The van der Waals surface area contributed by atoms with E-state index in [-0.39, 0.29) is 5.97 Å². The van der Waals surface area contributed by atoms with E-state index in [0.717, 1.165) is 27.6 Å². The van der Waals surface area contributed by atoms with Gasteiger partial charge in [-0.1, -0.05) is 47.5 Å². The largest absolute Gasteiger partial charge is 0.463 e. The normalized spacial score (nSPS) is 11.4. The van der Waals surface area contributed by atoms with E-state index >= 15 is 0 Å². The van der Waals surface area contributed by atoms with Crippen molar-refractivity contribution in [1.82, 2.24) is 4.57 Å². The van der Waals surface area contributed by atoms with Gasteiger partial charge in [-0.05, 0) is 36.3 Å². The maximum Gasteiger partial charge on any atom is 0.330 e. The highest BCUT2D eigenvalue weighted by Gasteiger charge is 2.13. The van der Waals surface area contributed by atoms with E-state index in [1.54, 1.807) is 26.2 Å². The lowest BCUT2D eigenvalue weighted by atomic mass is 10.1. The number of fused-ring (bicyclic) bond motifs is 1. The van der Waals surface area contributed by atoms with Crippen molar-refractivity contribution < 1.29 is 14.3 Å². The Balaban J connectivity index is 2.08. The maximum absolute atomic E-state index is 11.7. The number of carbonyl (C=O) groups excluding carboxylic acids is 1. The molecule has 0 aliphatic heterocycles. The Morgan fingerprint density at radius 1 is 1.18 bits per heavy atom. The quantitative estimate of drug-likeness (QED) is 0.364. The minimum atomic E-state index is -0.365. The summed E-state index contributed by atoms with van der Waals surface area (Å²) in [6, 6.07) is 11.5. The summed E-state index contributed by atoms with van der Waals surface area (Å²) in [5, 5.41) is 2.28. The van der Waals surface area contributed by atoms with Gasteiger partial charge in [-0.25, -0.2) is 4.79 Å². The second kappa shape index (κ2) is 9.28. The molecule has 0 aliphatic carbocycles. The molecule has 1 aromatic heterocycles. The van der Waals surface area contributed by atoms with Crippen molar-refractivity contribution in [2.45, 2.75) is 20.1 Å². The number of carbonyl (C=O) groups is 1. The van der Waals surface area contributed by atoms with Crippen LogP contribution in [0.25, 0.3) is 17.0 Å². The Labute approximate surface area is 174 Å². The van der Waals surface area contributed by atoms with Gasteiger partial charge in [0.2, 0.25) is 0 Å². The van der Waals surface area contributed by atoms with Crippen molar-refractivity contribution in [2.75, 3.05) is 13.7 Å². The first kappa shape index (κ1) is 20.5. The molecule has 0 unspecified atom stereocenters. The molecular weight excluding hydrogens is 397 g/mol. The third-order valence-electron chi connectivity index (χ3n) is 4.35. The van der Waals surface area contributed by atoms with Crippen LogP contribution in [0.4, 0.5) is 0 Å². The molecule has 2 aromatic carbocycles. The number of nitrogens with zero attached hydrogens (tertiary/aromatic N) is 1. The molecule has 0 radical (unpaired) electrons. The van der Waals surface area contributed by atoms with E-state index in [0.29, 0.717) is 29.8 Å². The molecule has 3 aromatic rings. The Kier molecular flexibility index (Phi) is 6.79. The molecule has 28 heavy (non-hydrogen) atoms. The van der Waals surface area contributed by atoms with Crippen LogP contribution in [-0.4, -0.2) is 24.3 Å². The Hall–Kier alpha value is -2.27. The number of hydrogen-bond donors (Lipinski definition) is 0. The van der Waals surface area contributed by atoms with E-state index in [1.807, 2.05) is 30.3 Å². The van der Waals surface area contributed by atoms with Crippen LogP contribution in [-0.2, 0) is 27.4 Å². The van der Waals surface area contributed by atoms with Crippen LogP contribution in [0.1, 0.15) is 23.6 Å². The average molecular weight is 418 g/mol. The van der Waals surface area contributed by atoms with Gasteiger partial charge >= 0.3 is 5.97 Å². The van der Waals surface area contributed by atoms with Crippen molar-refractivity contribution in [2.24, 2.45) is 0 Å². The molecule has 0 amide bonds. The van der Waals surface area contributed by atoms with E-state index in [9.17, 15) is 4.79 Å². The van der Waals surface area contributed by atoms with Gasteiger partial charge in [0.25, 0.3) is 0 Å². The second-order valence-electron chi connectivity index (χ2n) is 6.28. The summed E-state index contributed by atoms with van der Waals surface area (Å²) < 4.78 is 12.5. The van der Waals surface area contributed by atoms with Crippen molar-refractivity contribution in [3.63, 3.8) is 0 Å². The molecule has 1 heterocycles. The number of methoxy groups -OCH3 is 1. The molecule has 0 spiro atoms. The highest BCUT2D eigenvalue weighted by Crippen LogP contribution is 2.29. The van der Waals surface area contributed by atoms with Gasteiger partial charge in [0.05, 0.1) is 18.7 Å². The number of para-hydroxylation sites is 1. The summed E-state index contributed by atoms with van der Waals surface area (Å²) >= 11 is 12.4. The summed E-state index contributed by atoms with van der Waals surface area (Å²) in [4.78, 5) is 11.7. The van der Waals surface area contributed by atoms with E-state index in [2.05, 4.69) is 10.8 Å². The monoisotopic (exact) mass is 417 g/mol. The maximum atomic E-state index is 11.7. The van der Waals surface area contributed by atoms with Gasteiger partial charge in [0.15, 0.2) is 0 Å². The number of benzene rings is 2. The molecule has 146 valence electrons. The number of esters is 1.